The van der Waals surface area contributed by atoms with Gasteiger partial charge in [-0.05, 0) is 35.9 Å². The fourth-order valence-corrected chi connectivity index (χ4v) is 1.98. The summed E-state index contributed by atoms with van der Waals surface area (Å²) in [6.07, 6.45) is 0.219. The molecular formula is C16H13ClN2O2. The summed E-state index contributed by atoms with van der Waals surface area (Å²) in [7, 11) is 1.59. The van der Waals surface area contributed by atoms with Crippen molar-refractivity contribution >= 4 is 23.2 Å². The van der Waals surface area contributed by atoms with E-state index in [1.807, 2.05) is 18.2 Å². The van der Waals surface area contributed by atoms with Crippen LogP contribution >= 0.6 is 11.6 Å². The summed E-state index contributed by atoms with van der Waals surface area (Å²) in [5.74, 6) is 0.543. The standard InChI is InChI=1S/C16H13ClN2O2/c1-21-13-5-2-11(3-6-13)9-16(20)19-15-8-12(10-18)4-7-14(15)17/h2-8H,9H2,1H3,(H,19,20). The summed E-state index contributed by atoms with van der Waals surface area (Å²) in [6, 6.07) is 14.0. The van der Waals surface area contributed by atoms with Gasteiger partial charge in [0.05, 0.1) is 35.9 Å². The van der Waals surface area contributed by atoms with Crippen LogP contribution < -0.4 is 10.1 Å². The van der Waals surface area contributed by atoms with Crippen molar-refractivity contribution < 1.29 is 9.53 Å². The molecule has 2 rings (SSSR count). The van der Waals surface area contributed by atoms with E-state index in [2.05, 4.69) is 5.32 Å². The van der Waals surface area contributed by atoms with Gasteiger partial charge in [0.15, 0.2) is 0 Å². The summed E-state index contributed by atoms with van der Waals surface area (Å²) in [5, 5.41) is 12.0. The van der Waals surface area contributed by atoms with E-state index < -0.39 is 0 Å². The average molecular weight is 301 g/mol. The van der Waals surface area contributed by atoms with E-state index >= 15 is 0 Å². The number of hydrogen-bond donors (Lipinski definition) is 1. The lowest BCUT2D eigenvalue weighted by Gasteiger charge is -2.08. The zero-order valence-corrected chi connectivity index (χ0v) is 12.1. The van der Waals surface area contributed by atoms with Crippen molar-refractivity contribution in [1.29, 1.82) is 5.26 Å². The summed E-state index contributed by atoms with van der Waals surface area (Å²) in [5.41, 5.74) is 1.74. The van der Waals surface area contributed by atoms with Gasteiger partial charge in [0.2, 0.25) is 5.91 Å². The molecule has 0 saturated carbocycles. The molecule has 106 valence electrons. The normalized spacial score (nSPS) is 9.76. The number of rotatable bonds is 4. The summed E-state index contributed by atoms with van der Waals surface area (Å²) in [4.78, 5) is 12.0. The van der Waals surface area contributed by atoms with Crippen molar-refractivity contribution in [3.8, 4) is 11.8 Å². The fourth-order valence-electron chi connectivity index (χ4n) is 1.81. The second-order valence-electron chi connectivity index (χ2n) is 4.38. The number of nitrogens with zero attached hydrogens (tertiary/aromatic N) is 1. The number of ether oxygens (including phenoxy) is 1. The highest BCUT2D eigenvalue weighted by atomic mass is 35.5. The van der Waals surface area contributed by atoms with E-state index in [0.717, 1.165) is 11.3 Å². The van der Waals surface area contributed by atoms with Crippen LogP contribution in [0.15, 0.2) is 42.5 Å². The van der Waals surface area contributed by atoms with Gasteiger partial charge in [0.1, 0.15) is 5.75 Å². The lowest BCUT2D eigenvalue weighted by atomic mass is 10.1. The van der Waals surface area contributed by atoms with Crippen LogP contribution in [0.3, 0.4) is 0 Å². The van der Waals surface area contributed by atoms with E-state index in [1.165, 1.54) is 0 Å². The second-order valence-corrected chi connectivity index (χ2v) is 4.79. The molecule has 1 N–H and O–H groups in total. The lowest BCUT2D eigenvalue weighted by molar-refractivity contribution is -0.115. The number of benzene rings is 2. The highest BCUT2D eigenvalue weighted by Gasteiger charge is 2.08. The molecule has 0 atom stereocenters. The minimum Gasteiger partial charge on any atom is -0.497 e. The maximum Gasteiger partial charge on any atom is 0.228 e. The molecule has 0 saturated heterocycles. The Kier molecular flexibility index (Phi) is 4.81. The number of amides is 1. The van der Waals surface area contributed by atoms with Gasteiger partial charge in [-0.25, -0.2) is 0 Å². The Balaban J connectivity index is 2.06. The summed E-state index contributed by atoms with van der Waals surface area (Å²) >= 11 is 6.00. The Morgan fingerprint density at radius 1 is 1.29 bits per heavy atom. The summed E-state index contributed by atoms with van der Waals surface area (Å²) in [6.45, 7) is 0. The van der Waals surface area contributed by atoms with Crippen molar-refractivity contribution in [2.75, 3.05) is 12.4 Å². The Morgan fingerprint density at radius 3 is 2.62 bits per heavy atom. The van der Waals surface area contributed by atoms with E-state index in [9.17, 15) is 4.79 Å². The molecule has 0 aromatic heterocycles. The Hall–Kier alpha value is -2.51. The third-order valence-electron chi connectivity index (χ3n) is 2.89. The minimum absolute atomic E-state index is 0.197. The molecule has 0 aliphatic carbocycles. The van der Waals surface area contributed by atoms with Crippen molar-refractivity contribution in [3.05, 3.63) is 58.6 Å². The molecule has 0 aliphatic rings. The van der Waals surface area contributed by atoms with Gasteiger partial charge in [0, 0.05) is 0 Å². The average Bonchev–Trinajstić information content (AvgIpc) is 2.50. The van der Waals surface area contributed by atoms with Gasteiger partial charge < -0.3 is 10.1 Å². The van der Waals surface area contributed by atoms with Crippen molar-refractivity contribution in [2.45, 2.75) is 6.42 Å². The molecule has 1 amide bonds. The number of carbonyl (C=O) groups excluding carboxylic acids is 1. The Morgan fingerprint density at radius 2 is 2.00 bits per heavy atom. The second kappa shape index (κ2) is 6.78. The minimum atomic E-state index is -0.197. The molecule has 0 bridgehead atoms. The van der Waals surface area contributed by atoms with Gasteiger partial charge in [-0.15, -0.1) is 0 Å². The number of halogens is 1. The first-order valence-electron chi connectivity index (χ1n) is 6.25. The molecule has 2 aromatic carbocycles. The number of anilines is 1. The third-order valence-corrected chi connectivity index (χ3v) is 3.22. The van der Waals surface area contributed by atoms with Crippen LogP contribution in [-0.4, -0.2) is 13.0 Å². The quantitative estimate of drug-likeness (QED) is 0.941. The predicted molar refractivity (Wildman–Crippen MR) is 81.5 cm³/mol. The van der Waals surface area contributed by atoms with Crippen LogP contribution in [0.4, 0.5) is 5.69 Å². The van der Waals surface area contributed by atoms with Crippen LogP contribution in [0.5, 0.6) is 5.75 Å². The van der Waals surface area contributed by atoms with Crippen LogP contribution in [0, 0.1) is 11.3 Å². The molecule has 5 heteroatoms. The Labute approximate surface area is 127 Å². The number of methoxy groups -OCH3 is 1. The van der Waals surface area contributed by atoms with Gasteiger partial charge in [-0.3, -0.25) is 4.79 Å². The zero-order chi connectivity index (χ0) is 15.2. The van der Waals surface area contributed by atoms with Gasteiger partial charge in [-0.1, -0.05) is 23.7 Å². The van der Waals surface area contributed by atoms with Crippen LogP contribution in [0.2, 0.25) is 5.02 Å². The maximum absolute atomic E-state index is 12.0. The fraction of sp³-hybridized carbons (Fsp3) is 0.125. The van der Waals surface area contributed by atoms with Gasteiger partial charge in [0.25, 0.3) is 0 Å². The van der Waals surface area contributed by atoms with Crippen molar-refractivity contribution in [3.63, 3.8) is 0 Å². The molecular weight excluding hydrogens is 288 g/mol. The van der Waals surface area contributed by atoms with Crippen LogP contribution in [0.25, 0.3) is 0 Å². The lowest BCUT2D eigenvalue weighted by Crippen LogP contribution is -2.14. The van der Waals surface area contributed by atoms with Crippen LogP contribution in [0.1, 0.15) is 11.1 Å². The maximum atomic E-state index is 12.0. The van der Waals surface area contributed by atoms with E-state index in [1.54, 1.807) is 37.4 Å². The molecule has 0 heterocycles. The van der Waals surface area contributed by atoms with Crippen LogP contribution in [-0.2, 0) is 11.2 Å². The largest absolute Gasteiger partial charge is 0.497 e. The highest BCUT2D eigenvalue weighted by Crippen LogP contribution is 2.23. The molecule has 0 unspecified atom stereocenters. The van der Waals surface area contributed by atoms with Gasteiger partial charge >= 0.3 is 0 Å². The Bertz CT molecular complexity index is 690. The molecule has 4 nitrogen and oxygen atoms in total. The number of nitrogens with one attached hydrogen (secondary N) is 1. The number of carbonyl (C=O) groups is 1. The first-order valence-corrected chi connectivity index (χ1v) is 6.62. The predicted octanol–water partition coefficient (Wildman–Crippen LogP) is 3.40. The van der Waals surface area contributed by atoms with Crippen molar-refractivity contribution in [2.24, 2.45) is 0 Å². The SMILES string of the molecule is COc1ccc(CC(=O)Nc2cc(C#N)ccc2Cl)cc1. The molecule has 0 fully saturated rings. The number of nitriles is 1. The molecule has 2 aromatic rings. The topological polar surface area (TPSA) is 62.1 Å². The first-order chi connectivity index (χ1) is 10.1. The smallest absolute Gasteiger partial charge is 0.228 e. The summed E-state index contributed by atoms with van der Waals surface area (Å²) < 4.78 is 5.06. The first kappa shape index (κ1) is 14.9. The third kappa shape index (κ3) is 3.98. The number of hydrogen-bond acceptors (Lipinski definition) is 3. The van der Waals surface area contributed by atoms with Crippen molar-refractivity contribution in [1.82, 2.24) is 0 Å². The van der Waals surface area contributed by atoms with E-state index in [-0.39, 0.29) is 12.3 Å². The van der Waals surface area contributed by atoms with E-state index in [0.29, 0.717) is 16.3 Å². The molecule has 0 aliphatic heterocycles. The monoisotopic (exact) mass is 300 g/mol. The van der Waals surface area contributed by atoms with Gasteiger partial charge in [-0.2, -0.15) is 5.26 Å². The molecule has 21 heavy (non-hydrogen) atoms. The highest BCUT2D eigenvalue weighted by molar-refractivity contribution is 6.33. The molecule has 0 spiro atoms. The zero-order valence-electron chi connectivity index (χ0n) is 11.4. The molecule has 0 radical (unpaired) electrons. The van der Waals surface area contributed by atoms with E-state index in [4.69, 9.17) is 21.6 Å².